The topological polar surface area (TPSA) is 55.6 Å². The molecule has 1 heterocycles. The second-order valence-corrected chi connectivity index (χ2v) is 5.11. The van der Waals surface area contributed by atoms with E-state index in [0.717, 1.165) is 0 Å². The fourth-order valence-electron chi connectivity index (χ4n) is 2.22. The van der Waals surface area contributed by atoms with Gasteiger partial charge in [0.25, 0.3) is 5.91 Å². The average Bonchev–Trinajstić information content (AvgIpc) is 2.30. The van der Waals surface area contributed by atoms with Gasteiger partial charge in [-0.05, 0) is 32.0 Å². The smallest absolute Gasteiger partial charge is 0.255 e. The van der Waals surface area contributed by atoms with Crippen LogP contribution in [-0.4, -0.2) is 36.1 Å². The largest absolute Gasteiger partial charge is 0.399 e. The van der Waals surface area contributed by atoms with Gasteiger partial charge < -0.3 is 15.4 Å². The first-order valence-corrected chi connectivity index (χ1v) is 6.35. The predicted octanol–water partition coefficient (Wildman–Crippen LogP) is 2.17. The number of hydrogen-bond acceptors (Lipinski definition) is 3. The molecule has 1 aliphatic rings. The van der Waals surface area contributed by atoms with E-state index in [9.17, 15) is 4.79 Å². The van der Waals surface area contributed by atoms with Crippen LogP contribution in [0.3, 0.4) is 0 Å². The molecule has 2 N–H and O–H groups in total. The number of anilines is 1. The molecule has 0 aliphatic carbocycles. The maximum Gasteiger partial charge on any atom is 0.255 e. The summed E-state index contributed by atoms with van der Waals surface area (Å²) in [6.45, 7) is 5.07. The highest BCUT2D eigenvalue weighted by atomic mass is 35.5. The fraction of sp³-hybridized carbons (Fsp3) is 0.462. The number of nitrogens with zero attached hydrogens (tertiary/aromatic N) is 1. The van der Waals surface area contributed by atoms with Gasteiger partial charge in [-0.1, -0.05) is 11.6 Å². The number of nitrogen functional groups attached to an aromatic ring is 1. The van der Waals surface area contributed by atoms with E-state index in [-0.39, 0.29) is 18.1 Å². The monoisotopic (exact) mass is 268 g/mol. The Morgan fingerprint density at radius 2 is 2.00 bits per heavy atom. The third-order valence-corrected chi connectivity index (χ3v) is 3.26. The van der Waals surface area contributed by atoms with Crippen molar-refractivity contribution in [1.29, 1.82) is 0 Å². The van der Waals surface area contributed by atoms with E-state index in [0.29, 0.717) is 29.4 Å². The molecule has 98 valence electrons. The number of nitrogens with two attached hydrogens (primary N) is 1. The van der Waals surface area contributed by atoms with Crippen molar-refractivity contribution >= 4 is 23.2 Å². The molecule has 0 bridgehead atoms. The van der Waals surface area contributed by atoms with E-state index in [4.69, 9.17) is 22.1 Å². The first-order valence-electron chi connectivity index (χ1n) is 5.97. The van der Waals surface area contributed by atoms with Crippen LogP contribution in [-0.2, 0) is 4.74 Å². The van der Waals surface area contributed by atoms with E-state index in [1.807, 2.05) is 13.8 Å². The molecule has 0 aromatic heterocycles. The molecule has 0 spiro atoms. The van der Waals surface area contributed by atoms with Gasteiger partial charge in [-0.25, -0.2) is 0 Å². The number of rotatable bonds is 1. The second kappa shape index (κ2) is 5.16. The molecule has 0 unspecified atom stereocenters. The third kappa shape index (κ3) is 2.76. The lowest BCUT2D eigenvalue weighted by molar-refractivity contribution is -0.0586. The molecule has 4 nitrogen and oxygen atoms in total. The van der Waals surface area contributed by atoms with Crippen molar-refractivity contribution in [2.75, 3.05) is 18.8 Å². The van der Waals surface area contributed by atoms with Crippen molar-refractivity contribution in [3.63, 3.8) is 0 Å². The van der Waals surface area contributed by atoms with Gasteiger partial charge in [0.05, 0.1) is 22.8 Å². The first-order chi connectivity index (χ1) is 8.47. The van der Waals surface area contributed by atoms with Crippen molar-refractivity contribution < 1.29 is 9.53 Å². The molecule has 5 heteroatoms. The number of carbonyl (C=O) groups is 1. The fourth-order valence-corrected chi connectivity index (χ4v) is 2.42. The Labute approximate surface area is 112 Å². The van der Waals surface area contributed by atoms with Crippen LogP contribution in [0.4, 0.5) is 5.69 Å². The maximum absolute atomic E-state index is 12.4. The zero-order chi connectivity index (χ0) is 13.3. The summed E-state index contributed by atoms with van der Waals surface area (Å²) >= 11 is 6.05. The molecule has 1 aromatic carbocycles. The standard InChI is InChI=1S/C13H17ClN2O2/c1-8-6-16(7-9(2)18-8)13(17)11-5-10(15)3-4-12(11)14/h3-5,8-9H,6-7,15H2,1-2H3/t8-,9+. The number of hydrogen-bond donors (Lipinski definition) is 1. The second-order valence-electron chi connectivity index (χ2n) is 4.71. The molecule has 1 aliphatic heterocycles. The number of amides is 1. The van der Waals surface area contributed by atoms with Crippen LogP contribution in [0.1, 0.15) is 24.2 Å². The Balaban J connectivity index is 2.22. The lowest BCUT2D eigenvalue weighted by Crippen LogP contribution is -2.48. The molecule has 1 saturated heterocycles. The molecule has 1 aromatic rings. The van der Waals surface area contributed by atoms with Gasteiger partial charge in [0.15, 0.2) is 0 Å². The van der Waals surface area contributed by atoms with Crippen molar-refractivity contribution in [2.45, 2.75) is 26.1 Å². The highest BCUT2D eigenvalue weighted by molar-refractivity contribution is 6.34. The number of ether oxygens (including phenoxy) is 1. The zero-order valence-electron chi connectivity index (χ0n) is 10.5. The molecule has 2 rings (SSSR count). The first kappa shape index (κ1) is 13.2. The van der Waals surface area contributed by atoms with Gasteiger partial charge in [-0.3, -0.25) is 4.79 Å². The summed E-state index contributed by atoms with van der Waals surface area (Å²) in [6, 6.07) is 4.95. The van der Waals surface area contributed by atoms with E-state index in [2.05, 4.69) is 0 Å². The average molecular weight is 269 g/mol. The molecule has 2 atom stereocenters. The number of morpholine rings is 1. The Morgan fingerprint density at radius 1 is 1.39 bits per heavy atom. The summed E-state index contributed by atoms with van der Waals surface area (Å²) < 4.78 is 5.60. The van der Waals surface area contributed by atoms with Gasteiger partial charge >= 0.3 is 0 Å². The Morgan fingerprint density at radius 3 is 2.61 bits per heavy atom. The molecular formula is C13H17ClN2O2. The highest BCUT2D eigenvalue weighted by Crippen LogP contribution is 2.22. The normalized spacial score (nSPS) is 24.1. The molecule has 18 heavy (non-hydrogen) atoms. The van der Waals surface area contributed by atoms with Crippen molar-refractivity contribution in [3.05, 3.63) is 28.8 Å². The predicted molar refractivity (Wildman–Crippen MR) is 71.8 cm³/mol. The Hall–Kier alpha value is -1.26. The Kier molecular flexibility index (Phi) is 3.78. The van der Waals surface area contributed by atoms with Crippen LogP contribution >= 0.6 is 11.6 Å². The van der Waals surface area contributed by atoms with E-state index in [1.54, 1.807) is 23.1 Å². The van der Waals surface area contributed by atoms with Crippen LogP contribution in [0.15, 0.2) is 18.2 Å². The summed E-state index contributed by atoms with van der Waals surface area (Å²) in [4.78, 5) is 14.2. The molecule has 1 amide bonds. The summed E-state index contributed by atoms with van der Waals surface area (Å²) in [5, 5.41) is 0.431. The third-order valence-electron chi connectivity index (χ3n) is 2.93. The highest BCUT2D eigenvalue weighted by Gasteiger charge is 2.27. The molecule has 0 radical (unpaired) electrons. The van der Waals surface area contributed by atoms with Crippen LogP contribution in [0.25, 0.3) is 0 Å². The van der Waals surface area contributed by atoms with Gasteiger partial charge in [0.2, 0.25) is 0 Å². The molecule has 0 saturated carbocycles. The minimum absolute atomic E-state index is 0.0394. The molecular weight excluding hydrogens is 252 g/mol. The quantitative estimate of drug-likeness (QED) is 0.794. The van der Waals surface area contributed by atoms with Gasteiger partial charge in [0.1, 0.15) is 0 Å². The van der Waals surface area contributed by atoms with E-state index >= 15 is 0 Å². The number of carbonyl (C=O) groups excluding carboxylic acids is 1. The lowest BCUT2D eigenvalue weighted by Gasteiger charge is -2.35. The number of benzene rings is 1. The summed E-state index contributed by atoms with van der Waals surface area (Å²) in [5.74, 6) is -0.0886. The Bertz CT molecular complexity index is 454. The minimum Gasteiger partial charge on any atom is -0.399 e. The van der Waals surface area contributed by atoms with Crippen LogP contribution < -0.4 is 5.73 Å². The maximum atomic E-state index is 12.4. The lowest BCUT2D eigenvalue weighted by atomic mass is 10.1. The number of halogens is 1. The van der Waals surface area contributed by atoms with Gasteiger partial charge in [-0.2, -0.15) is 0 Å². The summed E-state index contributed by atoms with van der Waals surface area (Å²) in [5.41, 5.74) is 6.69. The van der Waals surface area contributed by atoms with Crippen molar-refractivity contribution in [3.8, 4) is 0 Å². The zero-order valence-corrected chi connectivity index (χ0v) is 11.3. The molecule has 1 fully saturated rings. The summed E-state index contributed by atoms with van der Waals surface area (Å²) in [7, 11) is 0. The van der Waals surface area contributed by atoms with E-state index in [1.165, 1.54) is 0 Å². The van der Waals surface area contributed by atoms with Crippen LogP contribution in [0.2, 0.25) is 5.02 Å². The van der Waals surface area contributed by atoms with Crippen LogP contribution in [0.5, 0.6) is 0 Å². The van der Waals surface area contributed by atoms with Gasteiger partial charge in [-0.15, -0.1) is 0 Å². The van der Waals surface area contributed by atoms with Crippen molar-refractivity contribution in [1.82, 2.24) is 4.90 Å². The van der Waals surface area contributed by atoms with Crippen LogP contribution in [0, 0.1) is 0 Å². The minimum atomic E-state index is -0.0886. The van der Waals surface area contributed by atoms with E-state index < -0.39 is 0 Å². The SMILES string of the molecule is C[C@@H]1CN(C(=O)c2cc(N)ccc2Cl)C[C@H](C)O1. The van der Waals surface area contributed by atoms with Gasteiger partial charge in [0, 0.05) is 18.8 Å². The van der Waals surface area contributed by atoms with Crippen molar-refractivity contribution in [2.24, 2.45) is 0 Å². The summed E-state index contributed by atoms with van der Waals surface area (Å²) in [6.07, 6.45) is 0.0788.